The van der Waals surface area contributed by atoms with Crippen LogP contribution in [0.25, 0.3) is 5.65 Å². The van der Waals surface area contributed by atoms with Crippen LogP contribution in [0.15, 0.2) is 29.6 Å². The third-order valence-corrected chi connectivity index (χ3v) is 7.89. The summed E-state index contributed by atoms with van der Waals surface area (Å²) in [5.41, 5.74) is -3.44. The van der Waals surface area contributed by atoms with Gasteiger partial charge in [-0.1, -0.05) is 5.92 Å². The molecule has 2 atom stereocenters. The minimum atomic E-state index is -4.57. The van der Waals surface area contributed by atoms with E-state index in [0.29, 0.717) is 24.3 Å². The maximum absolute atomic E-state index is 14.6. The number of ether oxygens (including phenoxy) is 1. The van der Waals surface area contributed by atoms with Gasteiger partial charge in [-0.05, 0) is 44.9 Å². The van der Waals surface area contributed by atoms with E-state index in [0.717, 1.165) is 0 Å². The third kappa shape index (κ3) is 7.15. The summed E-state index contributed by atoms with van der Waals surface area (Å²) in [4.78, 5) is 14.5. The Labute approximate surface area is 227 Å². The fraction of sp³-hybridized carbons (Fsp3) is 0.458. The molecule has 1 aliphatic heterocycles. The first kappa shape index (κ1) is 29.0. The highest BCUT2D eigenvalue weighted by Crippen LogP contribution is 2.40. The number of rotatable bonds is 7. The molecule has 210 valence electrons. The molecule has 0 saturated carbocycles. The van der Waals surface area contributed by atoms with Crippen LogP contribution in [-0.4, -0.2) is 89.1 Å². The zero-order valence-electron chi connectivity index (χ0n) is 21.7. The van der Waals surface area contributed by atoms with Gasteiger partial charge >= 0.3 is 5.51 Å². The molecule has 2 N–H and O–H groups in total. The van der Waals surface area contributed by atoms with E-state index in [4.69, 9.17) is 4.74 Å². The molecule has 1 fully saturated rings. The molecule has 0 amide bonds. The molecule has 0 bridgehead atoms. The van der Waals surface area contributed by atoms with E-state index in [1.165, 1.54) is 37.2 Å². The first-order valence-corrected chi connectivity index (χ1v) is 15.3. The molecule has 4 heterocycles. The third-order valence-electron chi connectivity index (χ3n) is 5.89. The summed E-state index contributed by atoms with van der Waals surface area (Å²) >= 11 is -0.314. The van der Waals surface area contributed by atoms with E-state index in [-0.39, 0.29) is 52.7 Å². The van der Waals surface area contributed by atoms with Crippen LogP contribution in [0.1, 0.15) is 12.1 Å². The highest BCUT2D eigenvalue weighted by atomic mass is 32.2. The van der Waals surface area contributed by atoms with Gasteiger partial charge in [0.25, 0.3) is 0 Å². The van der Waals surface area contributed by atoms with Crippen LogP contribution >= 0.6 is 18.9 Å². The van der Waals surface area contributed by atoms with Crippen LogP contribution < -0.4 is 20.9 Å². The first-order chi connectivity index (χ1) is 18.4. The zero-order chi connectivity index (χ0) is 28.4. The average Bonchev–Trinajstić information content (AvgIpc) is 3.19. The van der Waals surface area contributed by atoms with Crippen LogP contribution in [0.4, 0.5) is 28.9 Å². The number of nitrogens with one attached hydrogen (secondary N) is 2. The van der Waals surface area contributed by atoms with Gasteiger partial charge in [-0.25, -0.2) is 14.4 Å². The highest BCUT2D eigenvalue weighted by Gasteiger charge is 2.34. The smallest absolute Gasteiger partial charge is 0.447 e. The van der Waals surface area contributed by atoms with Gasteiger partial charge in [0.2, 0.25) is 5.88 Å². The molecule has 0 spiro atoms. The topological polar surface area (TPSA) is 96.7 Å². The fourth-order valence-corrected chi connectivity index (χ4v) is 5.35. The van der Waals surface area contributed by atoms with E-state index < -0.39 is 24.9 Å². The Morgan fingerprint density at radius 1 is 1.28 bits per heavy atom. The van der Waals surface area contributed by atoms with Crippen LogP contribution in [0.3, 0.4) is 0 Å². The lowest BCUT2D eigenvalue weighted by Crippen LogP contribution is -2.46. The van der Waals surface area contributed by atoms with Crippen molar-refractivity contribution >= 4 is 41.5 Å². The first-order valence-electron chi connectivity index (χ1n) is 11.9. The Balaban J connectivity index is 1.60. The number of piperidine rings is 1. The molecule has 39 heavy (non-hydrogen) atoms. The molecular formula is C24H28F4N7O2PS. The predicted molar refractivity (Wildman–Crippen MR) is 145 cm³/mol. The average molecular weight is 586 g/mol. The van der Waals surface area contributed by atoms with Gasteiger partial charge in [0, 0.05) is 31.0 Å². The number of aromatic nitrogens is 4. The SMILES string of the molecule is COc1nc(P(C)(C)=O)ncc1NCC#Cc1nc2c(N[C@@H]3CCN(C)C[C@@H]3F)cccn2c1SC(F)(F)F. The largest absolute Gasteiger partial charge is 0.479 e. The fourth-order valence-electron chi connectivity index (χ4n) is 4.03. The summed E-state index contributed by atoms with van der Waals surface area (Å²) in [5.74, 6) is 5.66. The van der Waals surface area contributed by atoms with Crippen LogP contribution in [0, 0.1) is 11.8 Å². The molecule has 9 nitrogen and oxygen atoms in total. The van der Waals surface area contributed by atoms with Gasteiger partial charge < -0.3 is 24.8 Å². The summed E-state index contributed by atoms with van der Waals surface area (Å²) in [6.45, 7) is 4.06. The number of hydrogen-bond acceptors (Lipinski definition) is 9. The normalized spacial score (nSPS) is 18.5. The minimum Gasteiger partial charge on any atom is -0.479 e. The van der Waals surface area contributed by atoms with Crippen LogP contribution in [0.2, 0.25) is 0 Å². The standard InChI is InChI=1S/C24H28F4N7O2PS/c1-34-12-9-16(15(25)14-34)31-17-8-6-11-35-20(17)32-18(22(35)39-24(26,27)28)7-5-10-29-19-13-30-23(38(3,4)36)33-21(19)37-2/h6,8,11,13,15-16,29,31H,9-10,12,14H2,1-4H3/t15-,16+/m0/s1. The molecule has 4 rings (SSSR count). The summed E-state index contributed by atoms with van der Waals surface area (Å²) in [7, 11) is 0.540. The molecule has 3 aromatic rings. The number of likely N-dealkylation sites (tertiary alicyclic amines) is 1. The van der Waals surface area contributed by atoms with Gasteiger partial charge in [-0.2, -0.15) is 18.2 Å². The van der Waals surface area contributed by atoms with Crippen molar-refractivity contribution in [1.29, 1.82) is 0 Å². The van der Waals surface area contributed by atoms with Crippen LogP contribution in [-0.2, 0) is 4.57 Å². The van der Waals surface area contributed by atoms with Gasteiger partial charge in [0.15, 0.2) is 11.2 Å². The number of methoxy groups -OCH3 is 1. The molecule has 0 aliphatic carbocycles. The van der Waals surface area contributed by atoms with Crippen molar-refractivity contribution < 1.29 is 26.9 Å². The van der Waals surface area contributed by atoms with Crippen molar-refractivity contribution in [3.8, 4) is 17.7 Å². The summed E-state index contributed by atoms with van der Waals surface area (Å²) < 4.78 is 73.7. The summed E-state index contributed by atoms with van der Waals surface area (Å²) in [6.07, 6.45) is 2.29. The lowest BCUT2D eigenvalue weighted by molar-refractivity contribution is -0.0329. The Hall–Kier alpha value is -3.01. The quantitative estimate of drug-likeness (QED) is 0.185. The van der Waals surface area contributed by atoms with Gasteiger partial charge in [0.1, 0.15) is 29.7 Å². The monoisotopic (exact) mass is 585 g/mol. The second-order valence-corrected chi connectivity index (χ2v) is 13.5. The Bertz CT molecular complexity index is 1450. The maximum Gasteiger partial charge on any atom is 0.447 e. The van der Waals surface area contributed by atoms with Crippen molar-refractivity contribution in [1.82, 2.24) is 24.3 Å². The van der Waals surface area contributed by atoms with Crippen molar-refractivity contribution in [2.45, 2.75) is 29.2 Å². The number of fused-ring (bicyclic) bond motifs is 1. The molecule has 1 aliphatic rings. The van der Waals surface area contributed by atoms with Crippen LogP contribution in [0.5, 0.6) is 5.88 Å². The van der Waals surface area contributed by atoms with E-state index in [9.17, 15) is 22.1 Å². The second-order valence-electron chi connectivity index (χ2n) is 9.35. The number of thioether (sulfide) groups is 1. The molecule has 15 heteroatoms. The Morgan fingerprint density at radius 3 is 2.72 bits per heavy atom. The van der Waals surface area contributed by atoms with E-state index >= 15 is 0 Å². The molecule has 1 saturated heterocycles. The van der Waals surface area contributed by atoms with E-state index in [2.05, 4.69) is 37.4 Å². The predicted octanol–water partition coefficient (Wildman–Crippen LogP) is 3.91. The van der Waals surface area contributed by atoms with Crippen molar-refractivity contribution in [2.75, 3.05) is 57.8 Å². The second kappa shape index (κ2) is 11.6. The Morgan fingerprint density at radius 2 is 2.05 bits per heavy atom. The lowest BCUT2D eigenvalue weighted by Gasteiger charge is -2.33. The number of anilines is 2. The highest BCUT2D eigenvalue weighted by molar-refractivity contribution is 8.00. The summed E-state index contributed by atoms with van der Waals surface area (Å²) in [6, 6.07) is 2.76. The maximum atomic E-state index is 14.6. The summed E-state index contributed by atoms with van der Waals surface area (Å²) in [5, 5.41) is 5.89. The number of hydrogen-bond donors (Lipinski definition) is 2. The number of alkyl halides is 4. The number of imidazole rings is 1. The Kier molecular flexibility index (Phi) is 8.63. The zero-order valence-corrected chi connectivity index (χ0v) is 23.4. The van der Waals surface area contributed by atoms with Gasteiger partial charge in [-0.3, -0.25) is 4.40 Å². The van der Waals surface area contributed by atoms with Crippen molar-refractivity contribution in [3.05, 3.63) is 30.2 Å². The molecular weight excluding hydrogens is 557 g/mol. The molecule has 0 radical (unpaired) electrons. The minimum absolute atomic E-state index is 0.0171. The molecule has 0 aromatic carbocycles. The number of pyridine rings is 1. The van der Waals surface area contributed by atoms with Crippen molar-refractivity contribution in [3.63, 3.8) is 0 Å². The van der Waals surface area contributed by atoms with E-state index in [1.807, 2.05) is 11.9 Å². The molecule has 3 aromatic heterocycles. The molecule has 0 unspecified atom stereocenters. The van der Waals surface area contributed by atoms with Crippen molar-refractivity contribution in [2.24, 2.45) is 0 Å². The van der Waals surface area contributed by atoms with Gasteiger partial charge in [-0.15, -0.1) is 0 Å². The van der Waals surface area contributed by atoms with Gasteiger partial charge in [0.05, 0.1) is 31.6 Å². The lowest BCUT2D eigenvalue weighted by atomic mass is 10.0. The van der Waals surface area contributed by atoms with E-state index in [1.54, 1.807) is 12.1 Å². The number of nitrogens with zero attached hydrogens (tertiary/aromatic N) is 5. The number of halogens is 4.